The summed E-state index contributed by atoms with van der Waals surface area (Å²) < 4.78 is 3.67. The van der Waals surface area contributed by atoms with Crippen LogP contribution in [0.1, 0.15) is 33.6 Å². The molecule has 0 atom stereocenters. The van der Waals surface area contributed by atoms with Gasteiger partial charge in [0.1, 0.15) is 0 Å². The number of thioether (sulfide) groups is 1. The Labute approximate surface area is 197 Å². The van der Waals surface area contributed by atoms with E-state index in [2.05, 4.69) is 51.1 Å². The van der Waals surface area contributed by atoms with Crippen LogP contribution >= 0.6 is 11.8 Å². The van der Waals surface area contributed by atoms with Gasteiger partial charge in [0.2, 0.25) is 11.1 Å². The standard InChI is InChI=1S/C24H27N7OS/c1-16-9-8-12-22(17(16)2)31-24(26-28-29-31)33-15-23(32)25-13-21-18(3)27-30(19(21)4)14-20-10-6-5-7-11-20/h5-12H,13-15H2,1-4H3,(H,25,32). The highest BCUT2D eigenvalue weighted by Gasteiger charge is 2.16. The largest absolute Gasteiger partial charge is 0.351 e. The van der Waals surface area contributed by atoms with Crippen molar-refractivity contribution in [1.82, 2.24) is 35.3 Å². The Bertz CT molecular complexity index is 1260. The second kappa shape index (κ2) is 9.99. The first-order valence-electron chi connectivity index (χ1n) is 10.8. The lowest BCUT2D eigenvalue weighted by Crippen LogP contribution is -2.25. The molecular weight excluding hydrogens is 434 g/mol. The van der Waals surface area contributed by atoms with Crippen LogP contribution in [-0.2, 0) is 17.9 Å². The van der Waals surface area contributed by atoms with E-state index in [-0.39, 0.29) is 11.7 Å². The molecule has 0 radical (unpaired) electrons. The fourth-order valence-electron chi connectivity index (χ4n) is 3.65. The number of hydrogen-bond acceptors (Lipinski definition) is 6. The predicted molar refractivity (Wildman–Crippen MR) is 128 cm³/mol. The highest BCUT2D eigenvalue weighted by Crippen LogP contribution is 2.22. The minimum absolute atomic E-state index is 0.0786. The van der Waals surface area contributed by atoms with Crippen molar-refractivity contribution >= 4 is 17.7 Å². The fraction of sp³-hybridized carbons (Fsp3) is 0.292. The summed E-state index contributed by atoms with van der Waals surface area (Å²) in [6, 6.07) is 16.2. The van der Waals surface area contributed by atoms with Gasteiger partial charge < -0.3 is 5.32 Å². The molecule has 0 saturated heterocycles. The molecule has 0 aliphatic heterocycles. The number of nitrogens with zero attached hydrogens (tertiary/aromatic N) is 6. The zero-order valence-corrected chi connectivity index (χ0v) is 20.1. The summed E-state index contributed by atoms with van der Waals surface area (Å²) in [7, 11) is 0. The smallest absolute Gasteiger partial charge is 0.230 e. The van der Waals surface area contributed by atoms with E-state index in [1.807, 2.05) is 55.8 Å². The van der Waals surface area contributed by atoms with E-state index >= 15 is 0 Å². The topological polar surface area (TPSA) is 90.5 Å². The Kier molecular flexibility index (Phi) is 6.88. The Morgan fingerprint density at radius 3 is 2.61 bits per heavy atom. The normalized spacial score (nSPS) is 11.0. The molecule has 0 aliphatic carbocycles. The van der Waals surface area contributed by atoms with Crippen LogP contribution in [0.3, 0.4) is 0 Å². The quantitative estimate of drug-likeness (QED) is 0.404. The molecule has 170 valence electrons. The van der Waals surface area contributed by atoms with Crippen molar-refractivity contribution < 1.29 is 4.79 Å². The van der Waals surface area contributed by atoms with Crippen molar-refractivity contribution in [2.24, 2.45) is 0 Å². The minimum Gasteiger partial charge on any atom is -0.351 e. The molecule has 2 aromatic heterocycles. The van der Waals surface area contributed by atoms with Crippen molar-refractivity contribution in [2.45, 2.75) is 45.9 Å². The second-order valence-corrected chi connectivity index (χ2v) is 8.89. The minimum atomic E-state index is -0.0786. The van der Waals surface area contributed by atoms with Gasteiger partial charge in [-0.3, -0.25) is 9.48 Å². The van der Waals surface area contributed by atoms with E-state index in [4.69, 9.17) is 0 Å². The van der Waals surface area contributed by atoms with Crippen LogP contribution in [0.5, 0.6) is 0 Å². The lowest BCUT2D eigenvalue weighted by Gasteiger charge is -2.10. The molecule has 0 fully saturated rings. The molecule has 0 spiro atoms. The summed E-state index contributed by atoms with van der Waals surface area (Å²) in [6.45, 7) is 9.25. The van der Waals surface area contributed by atoms with Gasteiger partial charge in [-0.2, -0.15) is 9.78 Å². The molecule has 2 heterocycles. The number of tetrazole rings is 1. The molecule has 4 aromatic rings. The lowest BCUT2D eigenvalue weighted by molar-refractivity contribution is -0.118. The molecule has 0 aliphatic rings. The molecule has 4 rings (SSSR count). The Morgan fingerprint density at radius 1 is 1.03 bits per heavy atom. The van der Waals surface area contributed by atoms with Gasteiger partial charge in [0, 0.05) is 17.8 Å². The Balaban J connectivity index is 1.37. The third-order valence-corrected chi connectivity index (χ3v) is 6.67. The average molecular weight is 462 g/mol. The number of amides is 1. The molecule has 1 N–H and O–H groups in total. The highest BCUT2D eigenvalue weighted by atomic mass is 32.2. The predicted octanol–water partition coefficient (Wildman–Crippen LogP) is 3.55. The summed E-state index contributed by atoms with van der Waals surface area (Å²) in [5.74, 6) is 0.145. The summed E-state index contributed by atoms with van der Waals surface area (Å²) >= 11 is 1.32. The van der Waals surface area contributed by atoms with Gasteiger partial charge in [-0.05, 0) is 60.9 Å². The van der Waals surface area contributed by atoms with Crippen LogP contribution in [0.2, 0.25) is 0 Å². The van der Waals surface area contributed by atoms with Crippen molar-refractivity contribution in [3.05, 3.63) is 82.2 Å². The van der Waals surface area contributed by atoms with Gasteiger partial charge >= 0.3 is 0 Å². The van der Waals surface area contributed by atoms with Crippen LogP contribution in [-0.4, -0.2) is 41.6 Å². The first-order valence-corrected chi connectivity index (χ1v) is 11.7. The van der Waals surface area contributed by atoms with Crippen LogP contribution in [0, 0.1) is 27.7 Å². The molecule has 9 heteroatoms. The zero-order valence-electron chi connectivity index (χ0n) is 19.2. The number of aryl methyl sites for hydroxylation is 2. The molecule has 1 amide bonds. The number of benzene rings is 2. The molecule has 0 unspecified atom stereocenters. The van der Waals surface area contributed by atoms with E-state index in [9.17, 15) is 4.79 Å². The van der Waals surface area contributed by atoms with E-state index in [0.717, 1.165) is 33.8 Å². The summed E-state index contributed by atoms with van der Waals surface area (Å²) in [5.41, 5.74) is 7.41. The van der Waals surface area contributed by atoms with Gasteiger partial charge in [-0.15, -0.1) is 5.10 Å². The van der Waals surface area contributed by atoms with Gasteiger partial charge in [-0.1, -0.05) is 54.2 Å². The van der Waals surface area contributed by atoms with E-state index in [1.54, 1.807) is 4.68 Å². The maximum Gasteiger partial charge on any atom is 0.230 e. The number of carbonyl (C=O) groups is 1. The molecule has 2 aromatic carbocycles. The van der Waals surface area contributed by atoms with Crippen LogP contribution in [0.25, 0.3) is 5.69 Å². The Hall–Kier alpha value is -3.46. The van der Waals surface area contributed by atoms with Gasteiger partial charge in [0.25, 0.3) is 0 Å². The molecule has 0 bridgehead atoms. The first-order chi connectivity index (χ1) is 15.9. The summed E-state index contributed by atoms with van der Waals surface area (Å²) in [4.78, 5) is 12.6. The Morgan fingerprint density at radius 2 is 1.82 bits per heavy atom. The lowest BCUT2D eigenvalue weighted by atomic mass is 10.1. The van der Waals surface area contributed by atoms with Crippen molar-refractivity contribution in [3.63, 3.8) is 0 Å². The maximum atomic E-state index is 12.6. The van der Waals surface area contributed by atoms with Crippen LogP contribution in [0.4, 0.5) is 0 Å². The monoisotopic (exact) mass is 461 g/mol. The van der Waals surface area contributed by atoms with E-state index in [0.29, 0.717) is 18.2 Å². The number of aromatic nitrogens is 6. The third kappa shape index (κ3) is 5.14. The first kappa shape index (κ1) is 22.7. The van der Waals surface area contributed by atoms with Gasteiger partial charge in [0.15, 0.2) is 0 Å². The van der Waals surface area contributed by atoms with Gasteiger partial charge in [-0.25, -0.2) is 0 Å². The molecule has 0 saturated carbocycles. The molecule has 33 heavy (non-hydrogen) atoms. The van der Waals surface area contributed by atoms with Crippen molar-refractivity contribution in [2.75, 3.05) is 5.75 Å². The fourth-order valence-corrected chi connectivity index (χ4v) is 4.37. The van der Waals surface area contributed by atoms with Crippen LogP contribution in [0.15, 0.2) is 53.7 Å². The average Bonchev–Trinajstić information content (AvgIpc) is 3.38. The summed E-state index contributed by atoms with van der Waals surface area (Å²) in [5, 5.41) is 20.3. The van der Waals surface area contributed by atoms with Crippen molar-refractivity contribution in [3.8, 4) is 5.69 Å². The van der Waals surface area contributed by atoms with E-state index < -0.39 is 0 Å². The van der Waals surface area contributed by atoms with Crippen molar-refractivity contribution in [1.29, 1.82) is 0 Å². The number of nitrogens with one attached hydrogen (secondary N) is 1. The van der Waals surface area contributed by atoms with Gasteiger partial charge in [0.05, 0.1) is 23.7 Å². The zero-order chi connectivity index (χ0) is 23.4. The highest BCUT2D eigenvalue weighted by molar-refractivity contribution is 7.99. The molecule has 8 nitrogen and oxygen atoms in total. The number of rotatable bonds is 8. The maximum absolute atomic E-state index is 12.6. The number of carbonyl (C=O) groups excluding carboxylic acids is 1. The molecular formula is C24H27N7OS. The van der Waals surface area contributed by atoms with Crippen LogP contribution < -0.4 is 5.32 Å². The SMILES string of the molecule is Cc1cccc(-n2nnnc2SCC(=O)NCc2c(C)nn(Cc3ccccc3)c2C)c1C. The third-order valence-electron chi connectivity index (χ3n) is 5.75. The second-order valence-electron chi connectivity index (χ2n) is 7.95. The summed E-state index contributed by atoms with van der Waals surface area (Å²) in [6.07, 6.45) is 0. The number of hydrogen-bond donors (Lipinski definition) is 1. The van der Waals surface area contributed by atoms with E-state index in [1.165, 1.54) is 17.3 Å².